The highest BCUT2D eigenvalue weighted by molar-refractivity contribution is 14.0. The molecule has 1 atom stereocenters. The molecule has 1 heterocycles. The highest BCUT2D eigenvalue weighted by Gasteiger charge is 2.15. The number of nitrogens with one attached hydrogen (secondary N) is 2. The Morgan fingerprint density at radius 3 is 2.55 bits per heavy atom. The third-order valence-electron chi connectivity index (χ3n) is 5.28. The molecule has 2 N–H and O–H groups in total. The fourth-order valence-electron chi connectivity index (χ4n) is 3.48. The summed E-state index contributed by atoms with van der Waals surface area (Å²) in [6.45, 7) is 12.6. The Labute approximate surface area is 194 Å². The summed E-state index contributed by atoms with van der Waals surface area (Å²) in [6, 6.07) is 10.7. The van der Waals surface area contributed by atoms with E-state index in [2.05, 4.69) is 61.7 Å². The summed E-state index contributed by atoms with van der Waals surface area (Å²) in [5.41, 5.74) is 1.36. The van der Waals surface area contributed by atoms with Crippen molar-refractivity contribution < 1.29 is 9.47 Å². The van der Waals surface area contributed by atoms with Crippen LogP contribution in [0.3, 0.4) is 0 Å². The smallest absolute Gasteiger partial charge is 0.191 e. The molecule has 0 spiro atoms. The van der Waals surface area contributed by atoms with E-state index in [1.54, 1.807) is 0 Å². The normalized spacial score (nSPS) is 16.3. The van der Waals surface area contributed by atoms with Crippen LogP contribution in [0.1, 0.15) is 51.5 Å². The zero-order valence-electron chi connectivity index (χ0n) is 18.4. The van der Waals surface area contributed by atoms with Crippen molar-refractivity contribution >= 4 is 29.9 Å². The van der Waals surface area contributed by atoms with Crippen LogP contribution < -0.4 is 10.6 Å². The van der Waals surface area contributed by atoms with E-state index in [1.807, 2.05) is 0 Å². The molecule has 6 heteroatoms. The molecule has 29 heavy (non-hydrogen) atoms. The average Bonchev–Trinajstić information content (AvgIpc) is 2.72. The molecule has 1 aliphatic heterocycles. The second-order valence-electron chi connectivity index (χ2n) is 7.89. The first-order chi connectivity index (χ1) is 13.7. The van der Waals surface area contributed by atoms with Gasteiger partial charge in [-0.15, -0.1) is 24.0 Å². The maximum absolute atomic E-state index is 5.85. The Morgan fingerprint density at radius 2 is 1.90 bits per heavy atom. The number of aliphatic imine (C=N–C) groups is 1. The summed E-state index contributed by atoms with van der Waals surface area (Å²) in [5, 5.41) is 6.80. The molecule has 1 unspecified atom stereocenters. The maximum Gasteiger partial charge on any atom is 0.191 e. The Morgan fingerprint density at radius 1 is 1.17 bits per heavy atom. The van der Waals surface area contributed by atoms with Crippen LogP contribution in [0.2, 0.25) is 0 Å². The largest absolute Gasteiger partial charge is 0.381 e. The van der Waals surface area contributed by atoms with E-state index in [9.17, 15) is 0 Å². The van der Waals surface area contributed by atoms with E-state index in [1.165, 1.54) is 5.56 Å². The zero-order chi connectivity index (χ0) is 20.0. The number of hydrogen-bond donors (Lipinski definition) is 2. The molecule has 1 fully saturated rings. The van der Waals surface area contributed by atoms with E-state index >= 15 is 0 Å². The molecule has 0 radical (unpaired) electrons. The van der Waals surface area contributed by atoms with Crippen molar-refractivity contribution in [3.63, 3.8) is 0 Å². The fraction of sp³-hybridized carbons (Fsp3) is 0.696. The van der Waals surface area contributed by atoms with Gasteiger partial charge in [-0.3, -0.25) is 4.99 Å². The van der Waals surface area contributed by atoms with Crippen molar-refractivity contribution in [3.05, 3.63) is 35.9 Å². The lowest BCUT2D eigenvalue weighted by atomic mass is 9.88. The van der Waals surface area contributed by atoms with Crippen LogP contribution >= 0.6 is 24.0 Å². The van der Waals surface area contributed by atoms with Crippen LogP contribution in [-0.2, 0) is 9.47 Å². The topological polar surface area (TPSA) is 54.9 Å². The van der Waals surface area contributed by atoms with E-state index in [0.717, 1.165) is 71.3 Å². The molecule has 5 nitrogen and oxygen atoms in total. The molecule has 0 amide bonds. The molecule has 0 saturated carbocycles. The Kier molecular flexibility index (Phi) is 14.4. The second-order valence-corrected chi connectivity index (χ2v) is 7.89. The van der Waals surface area contributed by atoms with Crippen molar-refractivity contribution in [2.45, 2.75) is 46.0 Å². The number of guanidine groups is 1. The van der Waals surface area contributed by atoms with Gasteiger partial charge in [-0.2, -0.15) is 0 Å². The zero-order valence-corrected chi connectivity index (χ0v) is 20.7. The highest BCUT2D eigenvalue weighted by atomic mass is 127. The quantitative estimate of drug-likeness (QED) is 0.197. The predicted octanol–water partition coefficient (Wildman–Crippen LogP) is 4.43. The Bertz CT molecular complexity index is 548. The van der Waals surface area contributed by atoms with Gasteiger partial charge in [0.05, 0.1) is 0 Å². The van der Waals surface area contributed by atoms with Gasteiger partial charge in [0, 0.05) is 52.0 Å². The Balaban J connectivity index is 0.00000420. The van der Waals surface area contributed by atoms with E-state index in [4.69, 9.17) is 14.5 Å². The van der Waals surface area contributed by atoms with Crippen LogP contribution in [-0.4, -0.2) is 52.0 Å². The van der Waals surface area contributed by atoms with E-state index in [-0.39, 0.29) is 24.0 Å². The van der Waals surface area contributed by atoms with Crippen molar-refractivity contribution in [3.8, 4) is 0 Å². The summed E-state index contributed by atoms with van der Waals surface area (Å²) < 4.78 is 11.2. The van der Waals surface area contributed by atoms with Crippen LogP contribution in [0.5, 0.6) is 0 Å². The number of hydrogen-bond acceptors (Lipinski definition) is 3. The third-order valence-corrected chi connectivity index (χ3v) is 5.28. The molecule has 1 saturated heterocycles. The van der Waals surface area contributed by atoms with Gasteiger partial charge in [-0.1, -0.05) is 44.2 Å². The van der Waals surface area contributed by atoms with Crippen LogP contribution in [0.15, 0.2) is 35.3 Å². The highest BCUT2D eigenvalue weighted by Crippen LogP contribution is 2.24. The maximum atomic E-state index is 5.85. The lowest BCUT2D eigenvalue weighted by Crippen LogP contribution is -2.38. The van der Waals surface area contributed by atoms with E-state index in [0.29, 0.717) is 17.8 Å². The summed E-state index contributed by atoms with van der Waals surface area (Å²) in [4.78, 5) is 4.84. The third kappa shape index (κ3) is 10.6. The monoisotopic (exact) mass is 517 g/mol. The number of rotatable bonds is 11. The average molecular weight is 517 g/mol. The lowest BCUT2D eigenvalue weighted by molar-refractivity contribution is 0.0203. The van der Waals surface area contributed by atoms with Crippen LogP contribution in [0.25, 0.3) is 0 Å². The van der Waals surface area contributed by atoms with Gasteiger partial charge in [-0.25, -0.2) is 0 Å². The first-order valence-electron chi connectivity index (χ1n) is 10.9. The standard InChI is InChI=1S/C23H39N3O2.HI/c1-4-24-23(25-13-8-14-28-18-20-11-15-27-16-12-20)26-17-22(19(2)3)21-9-6-5-7-10-21;/h5-7,9-10,19-20,22H,4,8,11-18H2,1-3H3,(H2,24,25,26);1H. The molecule has 166 valence electrons. The summed E-state index contributed by atoms with van der Waals surface area (Å²) in [7, 11) is 0. The van der Waals surface area contributed by atoms with Crippen LogP contribution in [0, 0.1) is 11.8 Å². The lowest BCUT2D eigenvalue weighted by Gasteiger charge is -2.22. The van der Waals surface area contributed by atoms with Crippen molar-refractivity contribution in [1.82, 2.24) is 10.6 Å². The fourth-order valence-corrected chi connectivity index (χ4v) is 3.48. The second kappa shape index (κ2) is 15.9. The summed E-state index contributed by atoms with van der Waals surface area (Å²) in [5.74, 6) is 2.55. The van der Waals surface area contributed by atoms with Gasteiger partial charge in [0.1, 0.15) is 0 Å². The van der Waals surface area contributed by atoms with Crippen molar-refractivity contribution in [2.24, 2.45) is 16.8 Å². The SMILES string of the molecule is CCNC(=NCC(c1ccccc1)C(C)C)NCCCOCC1CCOCC1.I. The van der Waals surface area contributed by atoms with Gasteiger partial charge in [0.25, 0.3) is 0 Å². The van der Waals surface area contributed by atoms with Gasteiger partial charge in [0.2, 0.25) is 0 Å². The minimum absolute atomic E-state index is 0. The number of ether oxygens (including phenoxy) is 2. The molecule has 0 aliphatic carbocycles. The number of nitrogens with zero attached hydrogens (tertiary/aromatic N) is 1. The molecule has 1 aliphatic rings. The molecule has 1 aromatic carbocycles. The van der Waals surface area contributed by atoms with Crippen LogP contribution in [0.4, 0.5) is 0 Å². The number of benzene rings is 1. The first-order valence-corrected chi connectivity index (χ1v) is 10.9. The van der Waals surface area contributed by atoms with Gasteiger partial charge in [0.15, 0.2) is 5.96 Å². The van der Waals surface area contributed by atoms with Gasteiger partial charge < -0.3 is 20.1 Å². The summed E-state index contributed by atoms with van der Waals surface area (Å²) >= 11 is 0. The Hall–Kier alpha value is -0.860. The molecule has 2 rings (SSSR count). The van der Waals surface area contributed by atoms with Crippen molar-refractivity contribution in [2.75, 3.05) is 46.1 Å². The summed E-state index contributed by atoms with van der Waals surface area (Å²) in [6.07, 6.45) is 3.25. The molecule has 1 aromatic rings. The predicted molar refractivity (Wildman–Crippen MR) is 132 cm³/mol. The molecule has 0 aromatic heterocycles. The number of halogens is 1. The van der Waals surface area contributed by atoms with Gasteiger partial charge in [-0.05, 0) is 43.6 Å². The first kappa shape index (κ1) is 26.2. The van der Waals surface area contributed by atoms with E-state index < -0.39 is 0 Å². The van der Waals surface area contributed by atoms with Crippen molar-refractivity contribution in [1.29, 1.82) is 0 Å². The molecular formula is C23H40IN3O2. The minimum Gasteiger partial charge on any atom is -0.381 e. The molecule has 0 bridgehead atoms. The van der Waals surface area contributed by atoms with Gasteiger partial charge >= 0.3 is 0 Å². The molecular weight excluding hydrogens is 477 g/mol. The minimum atomic E-state index is 0.